The van der Waals surface area contributed by atoms with E-state index in [2.05, 4.69) is 14.7 Å². The van der Waals surface area contributed by atoms with Crippen LogP contribution in [-0.2, 0) is 10.0 Å². The summed E-state index contributed by atoms with van der Waals surface area (Å²) in [6.45, 7) is 5.69. The van der Waals surface area contributed by atoms with E-state index in [1.807, 2.05) is 49.4 Å². The quantitative estimate of drug-likeness (QED) is 0.620. The molecule has 1 aromatic heterocycles. The highest BCUT2D eigenvalue weighted by Gasteiger charge is 2.17. The predicted octanol–water partition coefficient (Wildman–Crippen LogP) is 2.95. The van der Waals surface area contributed by atoms with Crippen molar-refractivity contribution in [3.63, 3.8) is 0 Å². The normalized spacial score (nSPS) is 13.4. The van der Waals surface area contributed by atoms with Crippen LogP contribution < -0.4 is 10.4 Å². The number of benzene rings is 2. The molecule has 0 aliphatic rings. The number of fused-ring (bicyclic) bond motifs is 1. The fraction of sp³-hybridized carbons (Fsp3) is 0.316. The molecule has 0 saturated carbocycles. The number of imidazole rings is 1. The lowest BCUT2D eigenvalue weighted by Gasteiger charge is -2.15. The summed E-state index contributed by atoms with van der Waals surface area (Å²) >= 11 is 0. The van der Waals surface area contributed by atoms with Crippen LogP contribution in [0, 0.1) is 0 Å². The summed E-state index contributed by atoms with van der Waals surface area (Å²) in [6, 6.07) is 13.8. The second kappa shape index (κ2) is 7.09. The van der Waals surface area contributed by atoms with Gasteiger partial charge in [-0.15, -0.1) is 0 Å². The molecule has 0 bridgehead atoms. The summed E-state index contributed by atoms with van der Waals surface area (Å²) in [5.41, 5.74) is 4.44. The summed E-state index contributed by atoms with van der Waals surface area (Å²) in [5, 5.41) is -0.438. The highest BCUT2D eigenvalue weighted by atomic mass is 32.2. The van der Waals surface area contributed by atoms with Gasteiger partial charge in [0.15, 0.2) is 0 Å². The molecule has 26 heavy (non-hydrogen) atoms. The van der Waals surface area contributed by atoms with Gasteiger partial charge in [0.25, 0.3) is 0 Å². The molecule has 3 N–H and O–H groups in total. The van der Waals surface area contributed by atoms with E-state index in [0.29, 0.717) is 6.54 Å². The molecule has 0 aliphatic carbocycles. The van der Waals surface area contributed by atoms with Crippen LogP contribution in [0.5, 0.6) is 0 Å². The van der Waals surface area contributed by atoms with E-state index in [1.54, 1.807) is 13.8 Å². The molecule has 0 radical (unpaired) electrons. The van der Waals surface area contributed by atoms with Crippen LogP contribution in [0.4, 0.5) is 0 Å². The molecule has 0 spiro atoms. The summed E-state index contributed by atoms with van der Waals surface area (Å²) in [5.74, 6) is 0.0704. The first-order valence-corrected chi connectivity index (χ1v) is 10.1. The van der Waals surface area contributed by atoms with Gasteiger partial charge in [-0.1, -0.05) is 37.3 Å². The Hall–Kier alpha value is -2.38. The zero-order chi connectivity index (χ0) is 18.9. The maximum Gasteiger partial charge on any atom is 0.323 e. The molecule has 138 valence electrons. The van der Waals surface area contributed by atoms with E-state index in [0.717, 1.165) is 27.7 Å². The summed E-state index contributed by atoms with van der Waals surface area (Å²) in [4.78, 5) is 16.9. The molecule has 0 saturated heterocycles. The molecule has 3 aromatic rings. The third-order valence-corrected chi connectivity index (χ3v) is 6.35. The second-order valence-electron chi connectivity index (χ2n) is 6.80. The standard InChI is InChI=1S/C19H23N3O3S/c1-12(2)26(24,25)20-11-13(3)14-4-6-15(7-5-14)16-8-9-17-18(10-16)22-19(23)21-17/h4-10,12-13,20H,11H2,1-3H3,(H2,21,22,23)/t13-/m0/s1. The smallest absolute Gasteiger partial charge is 0.306 e. The van der Waals surface area contributed by atoms with Crippen molar-refractivity contribution in [1.82, 2.24) is 14.7 Å². The lowest BCUT2D eigenvalue weighted by atomic mass is 9.97. The van der Waals surface area contributed by atoms with E-state index in [1.165, 1.54) is 0 Å². The van der Waals surface area contributed by atoms with Gasteiger partial charge < -0.3 is 9.97 Å². The predicted molar refractivity (Wildman–Crippen MR) is 105 cm³/mol. The van der Waals surface area contributed by atoms with Crippen molar-refractivity contribution in [3.8, 4) is 11.1 Å². The molecular formula is C19H23N3O3S. The van der Waals surface area contributed by atoms with Crippen molar-refractivity contribution in [1.29, 1.82) is 0 Å². The second-order valence-corrected chi connectivity index (χ2v) is 9.13. The molecular weight excluding hydrogens is 350 g/mol. The molecule has 0 fully saturated rings. The van der Waals surface area contributed by atoms with Gasteiger partial charge in [-0.05, 0) is 48.6 Å². The van der Waals surface area contributed by atoms with Crippen LogP contribution in [-0.4, -0.2) is 30.2 Å². The minimum absolute atomic E-state index is 0.0704. The van der Waals surface area contributed by atoms with Crippen LogP contribution in [0.2, 0.25) is 0 Å². The summed E-state index contributed by atoms with van der Waals surface area (Å²) in [7, 11) is -3.25. The van der Waals surface area contributed by atoms with Crippen LogP contribution in [0.3, 0.4) is 0 Å². The molecule has 1 atom stereocenters. The van der Waals surface area contributed by atoms with Crippen LogP contribution in [0.1, 0.15) is 32.3 Å². The van der Waals surface area contributed by atoms with E-state index < -0.39 is 15.3 Å². The van der Waals surface area contributed by atoms with E-state index in [9.17, 15) is 13.2 Å². The highest BCUT2D eigenvalue weighted by Crippen LogP contribution is 2.24. The van der Waals surface area contributed by atoms with Crippen molar-refractivity contribution in [3.05, 3.63) is 58.5 Å². The number of sulfonamides is 1. The van der Waals surface area contributed by atoms with E-state index >= 15 is 0 Å². The molecule has 1 heterocycles. The molecule has 3 rings (SSSR count). The molecule has 0 aliphatic heterocycles. The van der Waals surface area contributed by atoms with Gasteiger partial charge in [0, 0.05) is 6.54 Å². The fourth-order valence-electron chi connectivity index (χ4n) is 2.74. The highest BCUT2D eigenvalue weighted by molar-refractivity contribution is 7.90. The maximum absolute atomic E-state index is 11.9. The Labute approximate surface area is 152 Å². The molecule has 2 aromatic carbocycles. The molecule has 6 nitrogen and oxygen atoms in total. The zero-order valence-electron chi connectivity index (χ0n) is 15.0. The van der Waals surface area contributed by atoms with Crippen molar-refractivity contribution in [2.24, 2.45) is 0 Å². The van der Waals surface area contributed by atoms with Crippen LogP contribution in [0.25, 0.3) is 22.2 Å². The number of rotatable bonds is 6. The Balaban J connectivity index is 1.75. The molecule has 7 heteroatoms. The van der Waals surface area contributed by atoms with Gasteiger partial charge in [-0.2, -0.15) is 0 Å². The van der Waals surface area contributed by atoms with Gasteiger partial charge in [-0.25, -0.2) is 17.9 Å². The number of aromatic amines is 2. The lowest BCUT2D eigenvalue weighted by molar-refractivity contribution is 0.566. The lowest BCUT2D eigenvalue weighted by Crippen LogP contribution is -2.33. The number of aromatic nitrogens is 2. The average molecular weight is 373 g/mol. The van der Waals surface area contributed by atoms with E-state index in [-0.39, 0.29) is 11.6 Å². The van der Waals surface area contributed by atoms with Crippen LogP contribution in [0.15, 0.2) is 47.3 Å². The third kappa shape index (κ3) is 3.89. The zero-order valence-corrected chi connectivity index (χ0v) is 15.9. The summed E-state index contributed by atoms with van der Waals surface area (Å²) < 4.78 is 26.4. The Morgan fingerprint density at radius 3 is 2.19 bits per heavy atom. The number of hydrogen-bond donors (Lipinski definition) is 3. The SMILES string of the molecule is CC(C)S(=O)(=O)NC[C@H](C)c1ccc(-c2ccc3[nH]c(=O)[nH]c3c2)cc1. The minimum atomic E-state index is -3.25. The van der Waals surface area contributed by atoms with Crippen molar-refractivity contribution >= 4 is 21.1 Å². The maximum atomic E-state index is 11.9. The minimum Gasteiger partial charge on any atom is -0.306 e. The topological polar surface area (TPSA) is 94.8 Å². The first-order valence-electron chi connectivity index (χ1n) is 8.57. The van der Waals surface area contributed by atoms with E-state index in [4.69, 9.17) is 0 Å². The Bertz CT molecular complexity index is 1060. The number of H-pyrrole nitrogens is 2. The number of nitrogens with one attached hydrogen (secondary N) is 3. The Morgan fingerprint density at radius 2 is 1.54 bits per heavy atom. The first kappa shape index (κ1) is 18.4. The van der Waals surface area contributed by atoms with Gasteiger partial charge in [0.05, 0.1) is 16.3 Å². The molecule has 0 unspecified atom stereocenters. The van der Waals surface area contributed by atoms with Crippen LogP contribution >= 0.6 is 0 Å². The van der Waals surface area contributed by atoms with Gasteiger partial charge >= 0.3 is 5.69 Å². The number of hydrogen-bond acceptors (Lipinski definition) is 3. The first-order chi connectivity index (χ1) is 12.3. The summed E-state index contributed by atoms with van der Waals surface area (Å²) in [6.07, 6.45) is 0. The van der Waals surface area contributed by atoms with Gasteiger partial charge in [-0.3, -0.25) is 0 Å². The monoisotopic (exact) mass is 373 g/mol. The largest absolute Gasteiger partial charge is 0.323 e. The Kier molecular flexibility index (Phi) is 5.02. The van der Waals surface area contributed by atoms with Gasteiger partial charge in [0.2, 0.25) is 10.0 Å². The third-order valence-electron chi connectivity index (χ3n) is 4.54. The van der Waals surface area contributed by atoms with Gasteiger partial charge in [0.1, 0.15) is 0 Å². The van der Waals surface area contributed by atoms with Crippen molar-refractivity contribution < 1.29 is 8.42 Å². The molecule has 0 amide bonds. The van der Waals surface area contributed by atoms with Crippen molar-refractivity contribution in [2.75, 3.05) is 6.54 Å². The fourth-order valence-corrected chi connectivity index (χ4v) is 3.56. The average Bonchev–Trinajstić information content (AvgIpc) is 2.99. The van der Waals surface area contributed by atoms with Crippen molar-refractivity contribution in [2.45, 2.75) is 31.9 Å². The Morgan fingerprint density at radius 1 is 0.923 bits per heavy atom.